The molecule has 0 radical (unpaired) electrons. The smallest absolute Gasteiger partial charge is 0.248 e. The first-order valence-electron chi connectivity index (χ1n) is 9.04. The zero-order valence-corrected chi connectivity index (χ0v) is 17.3. The highest BCUT2D eigenvalue weighted by Gasteiger charge is 2.34. The van der Waals surface area contributed by atoms with Gasteiger partial charge in [0.25, 0.3) is 0 Å². The van der Waals surface area contributed by atoms with E-state index in [1.807, 2.05) is 0 Å². The van der Waals surface area contributed by atoms with Gasteiger partial charge in [-0.2, -0.15) is 4.31 Å². The van der Waals surface area contributed by atoms with E-state index in [-0.39, 0.29) is 23.9 Å². The van der Waals surface area contributed by atoms with Crippen LogP contribution in [-0.4, -0.2) is 48.7 Å². The monoisotopic (exact) mass is 440 g/mol. The number of halogens is 1. The van der Waals surface area contributed by atoms with E-state index in [0.717, 1.165) is 12.1 Å². The van der Waals surface area contributed by atoms with Gasteiger partial charge >= 0.3 is 0 Å². The van der Waals surface area contributed by atoms with Crippen molar-refractivity contribution in [2.24, 2.45) is 5.92 Å². The van der Waals surface area contributed by atoms with Gasteiger partial charge < -0.3 is 10.6 Å². The van der Waals surface area contributed by atoms with Gasteiger partial charge in [-0.05, 0) is 44.0 Å². The lowest BCUT2D eigenvalue weighted by Gasteiger charge is -2.31. The summed E-state index contributed by atoms with van der Waals surface area (Å²) in [5.41, 5.74) is 0. The van der Waals surface area contributed by atoms with Gasteiger partial charge in [-0.3, -0.25) is 9.59 Å². The molecule has 2 heterocycles. The molecule has 2 amide bonds. The third-order valence-corrected chi connectivity index (χ3v) is 7.19. The van der Waals surface area contributed by atoms with Crippen LogP contribution >= 0.6 is 11.3 Å². The summed E-state index contributed by atoms with van der Waals surface area (Å²) >= 11 is 1.26. The molecule has 0 saturated carbocycles. The zero-order chi connectivity index (χ0) is 21.0. The topological polar surface area (TPSA) is 108 Å². The molecule has 1 aliphatic heterocycles. The van der Waals surface area contributed by atoms with Crippen LogP contribution in [0.3, 0.4) is 0 Å². The Morgan fingerprint density at radius 3 is 2.69 bits per heavy atom. The Bertz CT molecular complexity index is 964. The van der Waals surface area contributed by atoms with Crippen molar-refractivity contribution < 1.29 is 22.4 Å². The van der Waals surface area contributed by atoms with Gasteiger partial charge in [0.2, 0.25) is 21.8 Å². The number of carbonyl (C=O) groups is 2. The van der Waals surface area contributed by atoms with E-state index < -0.39 is 33.7 Å². The van der Waals surface area contributed by atoms with Crippen molar-refractivity contribution >= 4 is 38.3 Å². The van der Waals surface area contributed by atoms with Gasteiger partial charge in [0, 0.05) is 24.7 Å². The van der Waals surface area contributed by atoms with Crippen molar-refractivity contribution in [3.8, 4) is 0 Å². The average molecular weight is 441 g/mol. The molecular weight excluding hydrogens is 419 g/mol. The molecule has 1 saturated heterocycles. The molecule has 2 aromatic rings. The fourth-order valence-electron chi connectivity index (χ4n) is 3.03. The number of amides is 2. The lowest BCUT2D eigenvalue weighted by atomic mass is 9.98. The predicted molar refractivity (Wildman–Crippen MR) is 106 cm³/mol. The van der Waals surface area contributed by atoms with Crippen LogP contribution in [0.2, 0.25) is 0 Å². The normalized spacial score (nSPS) is 18.8. The Balaban J connectivity index is 1.61. The second-order valence-corrected chi connectivity index (χ2v) is 9.55. The number of nitrogens with one attached hydrogen (secondary N) is 2. The number of hydrogen-bond donors (Lipinski definition) is 2. The average Bonchev–Trinajstić information content (AvgIpc) is 3.21. The maximum atomic E-state index is 13.1. The molecule has 0 aliphatic carbocycles. The molecule has 1 aliphatic rings. The second-order valence-electron chi connectivity index (χ2n) is 6.71. The van der Waals surface area contributed by atoms with Crippen LogP contribution < -0.4 is 10.6 Å². The first-order valence-corrected chi connectivity index (χ1v) is 11.4. The van der Waals surface area contributed by atoms with E-state index in [1.165, 1.54) is 27.8 Å². The van der Waals surface area contributed by atoms with Crippen molar-refractivity contribution in [3.63, 3.8) is 0 Å². The molecule has 1 aromatic carbocycles. The van der Waals surface area contributed by atoms with Crippen LogP contribution in [0.15, 0.2) is 40.7 Å². The van der Waals surface area contributed by atoms with Crippen LogP contribution in [0.25, 0.3) is 0 Å². The quantitative estimate of drug-likeness (QED) is 0.712. The summed E-state index contributed by atoms with van der Waals surface area (Å²) < 4.78 is 39.9. The largest absolute Gasteiger partial charge is 0.344 e. The molecule has 1 fully saturated rings. The van der Waals surface area contributed by atoms with E-state index in [9.17, 15) is 22.4 Å². The summed E-state index contributed by atoms with van der Waals surface area (Å²) in [6.07, 6.45) is 2.59. The number of benzene rings is 1. The van der Waals surface area contributed by atoms with E-state index in [2.05, 4.69) is 15.6 Å². The van der Waals surface area contributed by atoms with Crippen LogP contribution in [0.4, 0.5) is 9.52 Å². The number of anilines is 1. The summed E-state index contributed by atoms with van der Waals surface area (Å²) in [6, 6.07) is 3.79. The van der Waals surface area contributed by atoms with Crippen LogP contribution in [-0.2, 0) is 19.6 Å². The van der Waals surface area contributed by atoms with E-state index in [1.54, 1.807) is 18.5 Å². The highest BCUT2D eigenvalue weighted by atomic mass is 32.2. The lowest BCUT2D eigenvalue weighted by Crippen LogP contribution is -2.49. The van der Waals surface area contributed by atoms with Gasteiger partial charge in [-0.15, -0.1) is 11.3 Å². The maximum Gasteiger partial charge on any atom is 0.248 e. The first-order chi connectivity index (χ1) is 13.8. The minimum Gasteiger partial charge on any atom is -0.344 e. The molecule has 8 nitrogen and oxygen atoms in total. The molecule has 2 unspecified atom stereocenters. The van der Waals surface area contributed by atoms with Crippen LogP contribution in [0.1, 0.15) is 19.8 Å². The summed E-state index contributed by atoms with van der Waals surface area (Å²) in [5, 5.41) is 7.40. The molecular formula is C18H21FN4O4S2. The van der Waals surface area contributed by atoms with Crippen molar-refractivity contribution in [2.45, 2.75) is 30.7 Å². The molecule has 1 aromatic heterocycles. The molecule has 2 N–H and O–H groups in total. The third-order valence-electron chi connectivity index (χ3n) is 4.62. The minimum absolute atomic E-state index is 0.00631. The van der Waals surface area contributed by atoms with Crippen molar-refractivity contribution in [1.29, 1.82) is 0 Å². The number of hydrogen-bond acceptors (Lipinski definition) is 6. The Morgan fingerprint density at radius 2 is 2.03 bits per heavy atom. The number of aromatic nitrogens is 1. The van der Waals surface area contributed by atoms with Gasteiger partial charge in [-0.25, -0.2) is 17.8 Å². The highest BCUT2D eigenvalue weighted by Crippen LogP contribution is 2.24. The summed E-state index contributed by atoms with van der Waals surface area (Å²) in [6.45, 7) is 1.84. The number of sulfonamides is 1. The predicted octanol–water partition coefficient (Wildman–Crippen LogP) is 1.83. The molecule has 3 rings (SSSR count). The Hall–Kier alpha value is -2.37. The number of thiazole rings is 1. The maximum absolute atomic E-state index is 13.1. The number of rotatable bonds is 6. The van der Waals surface area contributed by atoms with Crippen LogP contribution in [0.5, 0.6) is 0 Å². The fraction of sp³-hybridized carbons (Fsp3) is 0.389. The number of nitrogens with zero attached hydrogens (tertiary/aromatic N) is 2. The standard InChI is InChI=1S/C18H21FN4O4S2/c1-12(16(24)22-18-20-8-10-28-18)21-17(25)13-3-2-9-23(11-13)29(26,27)15-6-4-14(19)5-7-15/h4-8,10,12-13H,2-3,9,11H2,1H3,(H,21,25)(H,20,22,24). The summed E-state index contributed by atoms with van der Waals surface area (Å²) in [5.74, 6) is -1.88. The molecule has 0 bridgehead atoms. The molecule has 29 heavy (non-hydrogen) atoms. The minimum atomic E-state index is -3.82. The van der Waals surface area contributed by atoms with E-state index >= 15 is 0 Å². The lowest BCUT2D eigenvalue weighted by molar-refractivity contribution is -0.129. The number of piperidine rings is 1. The highest BCUT2D eigenvalue weighted by molar-refractivity contribution is 7.89. The summed E-state index contributed by atoms with van der Waals surface area (Å²) in [7, 11) is -3.82. The van der Waals surface area contributed by atoms with E-state index in [0.29, 0.717) is 18.0 Å². The molecule has 11 heteroatoms. The third kappa shape index (κ3) is 5.17. The Labute approximate surface area is 172 Å². The van der Waals surface area contributed by atoms with Crippen molar-refractivity contribution in [2.75, 3.05) is 18.4 Å². The van der Waals surface area contributed by atoms with Gasteiger partial charge in [-0.1, -0.05) is 0 Å². The molecule has 156 valence electrons. The Kier molecular flexibility index (Phi) is 6.60. The zero-order valence-electron chi connectivity index (χ0n) is 15.7. The number of carbonyl (C=O) groups excluding carboxylic acids is 2. The molecule has 0 spiro atoms. The van der Waals surface area contributed by atoms with E-state index in [4.69, 9.17) is 0 Å². The SMILES string of the molecule is CC(NC(=O)C1CCCN(S(=O)(=O)c2ccc(F)cc2)C1)C(=O)Nc1nccs1. The fourth-order valence-corrected chi connectivity index (χ4v) is 5.08. The Morgan fingerprint density at radius 1 is 1.31 bits per heavy atom. The van der Waals surface area contributed by atoms with Gasteiger partial charge in [0.1, 0.15) is 11.9 Å². The van der Waals surface area contributed by atoms with Gasteiger partial charge in [0.15, 0.2) is 5.13 Å². The van der Waals surface area contributed by atoms with Gasteiger partial charge in [0.05, 0.1) is 10.8 Å². The first kappa shape index (κ1) is 21.3. The van der Waals surface area contributed by atoms with Crippen LogP contribution in [0, 0.1) is 11.7 Å². The summed E-state index contributed by atoms with van der Waals surface area (Å²) in [4.78, 5) is 28.7. The molecule has 2 atom stereocenters. The van der Waals surface area contributed by atoms with Crippen molar-refractivity contribution in [1.82, 2.24) is 14.6 Å². The second kappa shape index (κ2) is 8.97. The van der Waals surface area contributed by atoms with Crippen molar-refractivity contribution in [3.05, 3.63) is 41.7 Å².